The van der Waals surface area contributed by atoms with Gasteiger partial charge in [-0.1, -0.05) is 30.3 Å². The van der Waals surface area contributed by atoms with Crippen molar-refractivity contribution in [3.05, 3.63) is 54.0 Å². The monoisotopic (exact) mass is 257 g/mol. The molecule has 1 heterocycles. The summed E-state index contributed by atoms with van der Waals surface area (Å²) in [4.78, 5) is 19.8. The molecule has 2 rings (SSSR count). The Labute approximate surface area is 111 Å². The number of nitrogens with zero attached hydrogens (tertiary/aromatic N) is 2. The molecule has 2 aromatic rings. The van der Waals surface area contributed by atoms with Crippen LogP contribution in [0.15, 0.2) is 42.6 Å². The summed E-state index contributed by atoms with van der Waals surface area (Å²) in [7, 11) is 0. The molecule has 0 aliphatic carbocycles. The van der Waals surface area contributed by atoms with Crippen molar-refractivity contribution in [1.82, 2.24) is 9.97 Å². The standard InChI is InChI=1S/C14H15N3O2/c1-10-15-9-8-12(16-10)17-14(2,13(18)19)11-6-4-3-5-7-11/h3-9H,1-2H3,(H,18,19)(H,15,16,17). The number of anilines is 1. The van der Waals surface area contributed by atoms with Gasteiger partial charge in [-0.25, -0.2) is 14.8 Å². The number of benzene rings is 1. The Bertz CT molecular complexity index is 586. The first kappa shape index (κ1) is 13.0. The van der Waals surface area contributed by atoms with Crippen LogP contribution < -0.4 is 5.32 Å². The van der Waals surface area contributed by atoms with Crippen molar-refractivity contribution >= 4 is 11.8 Å². The molecule has 1 aromatic carbocycles. The highest BCUT2D eigenvalue weighted by Crippen LogP contribution is 2.25. The Morgan fingerprint density at radius 3 is 2.53 bits per heavy atom. The van der Waals surface area contributed by atoms with E-state index in [0.29, 0.717) is 17.2 Å². The number of carbonyl (C=O) groups is 1. The number of aryl methyl sites for hydroxylation is 1. The van der Waals surface area contributed by atoms with E-state index >= 15 is 0 Å². The number of nitrogens with one attached hydrogen (secondary N) is 1. The molecule has 0 bridgehead atoms. The third-order valence-corrected chi connectivity index (χ3v) is 2.93. The third kappa shape index (κ3) is 2.70. The first-order valence-electron chi connectivity index (χ1n) is 5.89. The van der Waals surface area contributed by atoms with Crippen molar-refractivity contribution < 1.29 is 9.90 Å². The van der Waals surface area contributed by atoms with Crippen LogP contribution in [0.25, 0.3) is 0 Å². The van der Waals surface area contributed by atoms with Crippen molar-refractivity contribution in [3.8, 4) is 0 Å². The lowest BCUT2D eigenvalue weighted by atomic mass is 9.92. The van der Waals surface area contributed by atoms with Gasteiger partial charge in [0.15, 0.2) is 5.54 Å². The van der Waals surface area contributed by atoms with Crippen molar-refractivity contribution in [3.63, 3.8) is 0 Å². The Hall–Kier alpha value is -2.43. The predicted molar refractivity (Wildman–Crippen MR) is 71.8 cm³/mol. The molecule has 1 atom stereocenters. The van der Waals surface area contributed by atoms with E-state index in [1.807, 2.05) is 18.2 Å². The topological polar surface area (TPSA) is 75.1 Å². The van der Waals surface area contributed by atoms with Crippen molar-refractivity contribution in [2.24, 2.45) is 0 Å². The van der Waals surface area contributed by atoms with E-state index in [1.54, 1.807) is 38.2 Å². The average Bonchev–Trinajstić information content (AvgIpc) is 2.39. The maximum Gasteiger partial charge on any atom is 0.333 e. The van der Waals surface area contributed by atoms with E-state index in [1.165, 1.54) is 0 Å². The maximum absolute atomic E-state index is 11.6. The van der Waals surface area contributed by atoms with Gasteiger partial charge in [-0.15, -0.1) is 0 Å². The molecule has 0 aliphatic heterocycles. The summed E-state index contributed by atoms with van der Waals surface area (Å²) in [5.74, 6) is 0.113. The van der Waals surface area contributed by atoms with E-state index in [-0.39, 0.29) is 0 Å². The average molecular weight is 257 g/mol. The predicted octanol–water partition coefficient (Wildman–Crippen LogP) is 2.20. The summed E-state index contributed by atoms with van der Waals surface area (Å²) in [6.45, 7) is 3.37. The molecule has 0 spiro atoms. The molecule has 1 unspecified atom stereocenters. The van der Waals surface area contributed by atoms with Crippen LogP contribution in [-0.4, -0.2) is 21.0 Å². The molecule has 19 heavy (non-hydrogen) atoms. The zero-order valence-corrected chi connectivity index (χ0v) is 10.8. The molecule has 0 saturated carbocycles. The smallest absolute Gasteiger partial charge is 0.333 e. The Kier molecular flexibility index (Phi) is 3.46. The number of carboxylic acid groups (broad SMARTS) is 1. The fourth-order valence-electron chi connectivity index (χ4n) is 1.80. The zero-order valence-electron chi connectivity index (χ0n) is 10.8. The molecule has 0 amide bonds. The minimum atomic E-state index is -1.23. The molecule has 5 nitrogen and oxygen atoms in total. The van der Waals surface area contributed by atoms with Gasteiger partial charge in [-0.3, -0.25) is 0 Å². The number of aliphatic carboxylic acids is 1. The number of carboxylic acids is 1. The first-order valence-corrected chi connectivity index (χ1v) is 5.89. The summed E-state index contributed by atoms with van der Waals surface area (Å²) in [5.41, 5.74) is -0.569. The summed E-state index contributed by atoms with van der Waals surface area (Å²) >= 11 is 0. The van der Waals surface area contributed by atoms with Crippen LogP contribution >= 0.6 is 0 Å². The molecule has 5 heteroatoms. The lowest BCUT2D eigenvalue weighted by Crippen LogP contribution is -2.40. The van der Waals surface area contributed by atoms with Crippen molar-refractivity contribution in [1.29, 1.82) is 0 Å². The molecule has 1 aromatic heterocycles. The third-order valence-electron chi connectivity index (χ3n) is 2.93. The summed E-state index contributed by atoms with van der Waals surface area (Å²) in [6.07, 6.45) is 1.60. The molecule has 0 saturated heterocycles. The van der Waals surface area contributed by atoms with Gasteiger partial charge in [0.25, 0.3) is 0 Å². The van der Waals surface area contributed by atoms with Gasteiger partial charge < -0.3 is 10.4 Å². The Morgan fingerprint density at radius 1 is 1.26 bits per heavy atom. The Morgan fingerprint density at radius 2 is 1.95 bits per heavy atom. The lowest BCUT2D eigenvalue weighted by molar-refractivity contribution is -0.142. The van der Waals surface area contributed by atoms with Crippen LogP contribution in [0.4, 0.5) is 5.82 Å². The number of hydrogen-bond donors (Lipinski definition) is 2. The SMILES string of the molecule is Cc1nccc(NC(C)(C(=O)O)c2ccccc2)n1. The van der Waals surface area contributed by atoms with Gasteiger partial charge in [0.05, 0.1) is 0 Å². The van der Waals surface area contributed by atoms with E-state index in [9.17, 15) is 9.90 Å². The van der Waals surface area contributed by atoms with Crippen LogP contribution in [0.2, 0.25) is 0 Å². The quantitative estimate of drug-likeness (QED) is 0.878. The number of aromatic nitrogens is 2. The van der Waals surface area contributed by atoms with E-state index in [0.717, 1.165) is 0 Å². The van der Waals surface area contributed by atoms with Crippen molar-refractivity contribution in [2.75, 3.05) is 5.32 Å². The molecule has 0 aliphatic rings. The van der Waals surface area contributed by atoms with Crippen LogP contribution in [0.5, 0.6) is 0 Å². The fourth-order valence-corrected chi connectivity index (χ4v) is 1.80. The summed E-state index contributed by atoms with van der Waals surface area (Å²) in [6, 6.07) is 10.7. The number of hydrogen-bond acceptors (Lipinski definition) is 4. The van der Waals surface area contributed by atoms with Crippen molar-refractivity contribution in [2.45, 2.75) is 19.4 Å². The highest BCUT2D eigenvalue weighted by Gasteiger charge is 2.35. The first-order chi connectivity index (χ1) is 9.02. The van der Waals surface area contributed by atoms with Crippen LogP contribution in [0.1, 0.15) is 18.3 Å². The minimum Gasteiger partial charge on any atom is -0.479 e. The molecule has 98 valence electrons. The largest absolute Gasteiger partial charge is 0.479 e. The molecular weight excluding hydrogens is 242 g/mol. The Balaban J connectivity index is 2.39. The van der Waals surface area contributed by atoms with Gasteiger partial charge in [0, 0.05) is 6.20 Å². The second-order valence-electron chi connectivity index (χ2n) is 4.41. The van der Waals surface area contributed by atoms with Gasteiger partial charge in [-0.05, 0) is 25.5 Å². The van der Waals surface area contributed by atoms with Crippen LogP contribution in [0.3, 0.4) is 0 Å². The highest BCUT2D eigenvalue weighted by molar-refractivity contribution is 5.83. The number of rotatable bonds is 4. The minimum absolute atomic E-state index is 0.487. The van der Waals surface area contributed by atoms with Gasteiger partial charge in [-0.2, -0.15) is 0 Å². The summed E-state index contributed by atoms with van der Waals surface area (Å²) < 4.78 is 0. The highest BCUT2D eigenvalue weighted by atomic mass is 16.4. The zero-order chi connectivity index (χ0) is 13.9. The fraction of sp³-hybridized carbons (Fsp3) is 0.214. The van der Waals surface area contributed by atoms with Gasteiger partial charge in [0.2, 0.25) is 0 Å². The van der Waals surface area contributed by atoms with Crippen LogP contribution in [0, 0.1) is 6.92 Å². The summed E-state index contributed by atoms with van der Waals surface area (Å²) in [5, 5.41) is 12.5. The second-order valence-corrected chi connectivity index (χ2v) is 4.41. The molecule has 2 N–H and O–H groups in total. The molecule has 0 radical (unpaired) electrons. The van der Waals surface area contributed by atoms with E-state index in [2.05, 4.69) is 15.3 Å². The van der Waals surface area contributed by atoms with Gasteiger partial charge in [0.1, 0.15) is 11.6 Å². The lowest BCUT2D eigenvalue weighted by Gasteiger charge is -2.27. The maximum atomic E-state index is 11.6. The molecular formula is C14H15N3O2. The van der Waals surface area contributed by atoms with Gasteiger partial charge >= 0.3 is 5.97 Å². The second kappa shape index (κ2) is 5.06. The normalized spacial score (nSPS) is 13.6. The van der Waals surface area contributed by atoms with E-state index in [4.69, 9.17) is 0 Å². The van der Waals surface area contributed by atoms with Crippen LogP contribution in [-0.2, 0) is 10.3 Å². The van der Waals surface area contributed by atoms with E-state index < -0.39 is 11.5 Å². The molecule has 0 fully saturated rings.